The van der Waals surface area contributed by atoms with E-state index in [-0.39, 0.29) is 17.0 Å². The molecule has 2 N–H and O–H groups in total. The second-order valence-corrected chi connectivity index (χ2v) is 9.38. The Balaban J connectivity index is 1.63. The first-order chi connectivity index (χ1) is 13.0. The minimum atomic E-state index is -3.72. The molecule has 1 fully saturated rings. The molecule has 9 nitrogen and oxygen atoms in total. The predicted molar refractivity (Wildman–Crippen MR) is 103 cm³/mol. The van der Waals surface area contributed by atoms with Gasteiger partial charge in [0.25, 0.3) is 0 Å². The Kier molecular flexibility index (Phi) is 5.44. The Morgan fingerprint density at radius 3 is 2.32 bits per heavy atom. The minimum absolute atomic E-state index is 0.0538. The van der Waals surface area contributed by atoms with Crippen molar-refractivity contribution in [3.63, 3.8) is 0 Å². The van der Waals surface area contributed by atoms with Gasteiger partial charge in [0, 0.05) is 18.7 Å². The fraction of sp³-hybridized carbons (Fsp3) is 0.500. The summed E-state index contributed by atoms with van der Waals surface area (Å²) in [5, 5.41) is 14.0. The van der Waals surface area contributed by atoms with Gasteiger partial charge < -0.3 is 9.64 Å². The second kappa shape index (κ2) is 7.51. The first kappa shape index (κ1) is 20.3. The molecule has 1 amide bonds. The number of carbonyl (C=O) groups excluding carboxylic acids is 1. The highest BCUT2D eigenvalue weighted by Gasteiger charge is 2.28. The number of rotatable bonds is 3. The van der Waals surface area contributed by atoms with Crippen molar-refractivity contribution in [2.45, 2.75) is 50.2 Å². The number of hydrogen-bond acceptors (Lipinski definition) is 6. The molecule has 1 aliphatic heterocycles. The third-order valence-corrected chi connectivity index (χ3v) is 5.36. The van der Waals surface area contributed by atoms with Crippen molar-refractivity contribution in [2.75, 3.05) is 13.1 Å². The van der Waals surface area contributed by atoms with Crippen molar-refractivity contribution in [3.8, 4) is 11.3 Å². The van der Waals surface area contributed by atoms with Gasteiger partial charge in [-0.15, -0.1) is 0 Å². The van der Waals surface area contributed by atoms with Crippen LogP contribution in [0.4, 0.5) is 4.79 Å². The number of aromatic nitrogens is 3. The molecule has 152 valence electrons. The average Bonchev–Trinajstić information content (AvgIpc) is 3.10. The van der Waals surface area contributed by atoms with Crippen LogP contribution in [-0.2, 0) is 14.8 Å². The van der Waals surface area contributed by atoms with Gasteiger partial charge in [-0.1, -0.05) is 12.1 Å². The number of likely N-dealkylation sites (tertiary alicyclic amines) is 1. The van der Waals surface area contributed by atoms with E-state index in [1.807, 2.05) is 20.8 Å². The van der Waals surface area contributed by atoms with E-state index in [9.17, 15) is 13.2 Å². The van der Waals surface area contributed by atoms with E-state index >= 15 is 0 Å². The van der Waals surface area contributed by atoms with Crippen LogP contribution in [0.1, 0.15) is 39.7 Å². The van der Waals surface area contributed by atoms with E-state index in [1.54, 1.807) is 28.0 Å². The van der Waals surface area contributed by atoms with Gasteiger partial charge in [0.2, 0.25) is 10.0 Å². The van der Waals surface area contributed by atoms with Crippen molar-refractivity contribution in [1.29, 1.82) is 0 Å². The Hall–Kier alpha value is -2.46. The number of primary sulfonamides is 1. The van der Waals surface area contributed by atoms with E-state index in [0.29, 0.717) is 18.8 Å². The number of nitrogens with two attached hydrogens (primary N) is 1. The van der Waals surface area contributed by atoms with Crippen molar-refractivity contribution in [1.82, 2.24) is 19.9 Å². The lowest BCUT2D eigenvalue weighted by molar-refractivity contribution is 0.0180. The van der Waals surface area contributed by atoms with Crippen molar-refractivity contribution >= 4 is 16.1 Å². The molecule has 28 heavy (non-hydrogen) atoms. The summed E-state index contributed by atoms with van der Waals surface area (Å²) in [6.07, 6.45) is 2.82. The van der Waals surface area contributed by atoms with Crippen LogP contribution in [0.5, 0.6) is 0 Å². The molecule has 2 aromatic rings. The largest absolute Gasteiger partial charge is 0.444 e. The third-order valence-electron chi connectivity index (χ3n) is 4.43. The van der Waals surface area contributed by atoms with Crippen LogP contribution < -0.4 is 5.14 Å². The Morgan fingerprint density at radius 1 is 1.18 bits per heavy atom. The highest BCUT2D eigenvalue weighted by Crippen LogP contribution is 2.25. The van der Waals surface area contributed by atoms with E-state index in [4.69, 9.17) is 9.88 Å². The molecule has 1 saturated heterocycles. The summed E-state index contributed by atoms with van der Waals surface area (Å²) >= 11 is 0. The Labute approximate surface area is 164 Å². The van der Waals surface area contributed by atoms with Gasteiger partial charge >= 0.3 is 6.09 Å². The Bertz CT molecular complexity index is 939. The number of hydrogen-bond donors (Lipinski definition) is 1. The van der Waals surface area contributed by atoms with E-state index < -0.39 is 15.6 Å². The highest BCUT2D eigenvalue weighted by molar-refractivity contribution is 7.89. The molecule has 0 atom stereocenters. The van der Waals surface area contributed by atoms with Gasteiger partial charge in [0.15, 0.2) is 0 Å². The number of benzene rings is 1. The first-order valence-electron chi connectivity index (χ1n) is 9.06. The first-order valence-corrected chi connectivity index (χ1v) is 10.6. The summed E-state index contributed by atoms with van der Waals surface area (Å²) < 4.78 is 28.1. The molecular formula is C18H25N5O4S. The zero-order valence-electron chi connectivity index (χ0n) is 16.2. The fourth-order valence-corrected chi connectivity index (χ4v) is 3.52. The summed E-state index contributed by atoms with van der Waals surface area (Å²) in [6.45, 7) is 6.71. The van der Waals surface area contributed by atoms with Crippen LogP contribution >= 0.6 is 0 Å². The number of carbonyl (C=O) groups is 1. The van der Waals surface area contributed by atoms with Gasteiger partial charge in [0.05, 0.1) is 17.1 Å². The number of sulfonamides is 1. The van der Waals surface area contributed by atoms with Gasteiger partial charge in [0.1, 0.15) is 11.3 Å². The van der Waals surface area contributed by atoms with Crippen LogP contribution in [-0.4, -0.2) is 53.1 Å². The van der Waals surface area contributed by atoms with E-state index in [1.165, 1.54) is 12.1 Å². The molecule has 3 rings (SSSR count). The maximum atomic E-state index is 12.2. The van der Waals surface area contributed by atoms with Crippen molar-refractivity contribution < 1.29 is 17.9 Å². The van der Waals surface area contributed by atoms with Crippen LogP contribution in [0.25, 0.3) is 11.3 Å². The van der Waals surface area contributed by atoms with Crippen molar-refractivity contribution in [2.24, 2.45) is 5.14 Å². The standard InChI is InChI=1S/C18H25N5O4S/c1-18(2,3)27-17(24)22-10-8-14(9-11-22)23-20-12-16(21-23)13-4-6-15(7-5-13)28(19,25)26/h4-7,12,14H,8-11H2,1-3H3,(H2,19,25,26). The lowest BCUT2D eigenvalue weighted by Gasteiger charge is -2.32. The quantitative estimate of drug-likeness (QED) is 0.832. The van der Waals surface area contributed by atoms with E-state index in [2.05, 4.69) is 10.2 Å². The van der Waals surface area contributed by atoms with Crippen LogP contribution in [0.3, 0.4) is 0 Å². The summed E-state index contributed by atoms with van der Waals surface area (Å²) in [6, 6.07) is 6.29. The van der Waals surface area contributed by atoms with Gasteiger partial charge in [-0.05, 0) is 45.7 Å². The second-order valence-electron chi connectivity index (χ2n) is 7.82. The molecule has 0 radical (unpaired) electrons. The maximum absolute atomic E-state index is 12.2. The molecule has 10 heteroatoms. The average molecular weight is 407 g/mol. The molecule has 1 aromatic heterocycles. The number of amides is 1. The fourth-order valence-electron chi connectivity index (χ4n) is 3.01. The van der Waals surface area contributed by atoms with Gasteiger partial charge in [-0.25, -0.2) is 18.4 Å². The molecule has 0 spiro atoms. The predicted octanol–water partition coefficient (Wildman–Crippen LogP) is 2.16. The molecule has 0 bridgehead atoms. The third kappa shape index (κ3) is 4.87. The smallest absolute Gasteiger partial charge is 0.410 e. The normalized spacial score (nSPS) is 16.2. The Morgan fingerprint density at radius 2 is 1.79 bits per heavy atom. The van der Waals surface area contributed by atoms with E-state index in [0.717, 1.165) is 18.4 Å². The number of nitrogens with zero attached hydrogens (tertiary/aromatic N) is 4. The highest BCUT2D eigenvalue weighted by atomic mass is 32.2. The molecular weight excluding hydrogens is 382 g/mol. The van der Waals surface area contributed by atoms with Gasteiger partial charge in [-0.3, -0.25) is 0 Å². The molecule has 1 aliphatic rings. The zero-order valence-corrected chi connectivity index (χ0v) is 17.0. The molecule has 2 heterocycles. The summed E-state index contributed by atoms with van der Waals surface area (Å²) in [7, 11) is -3.72. The lowest BCUT2D eigenvalue weighted by Crippen LogP contribution is -2.42. The molecule has 1 aromatic carbocycles. The van der Waals surface area contributed by atoms with Crippen LogP contribution in [0.2, 0.25) is 0 Å². The van der Waals surface area contributed by atoms with Gasteiger partial charge in [-0.2, -0.15) is 15.0 Å². The van der Waals surface area contributed by atoms with Crippen LogP contribution in [0.15, 0.2) is 35.4 Å². The lowest BCUT2D eigenvalue weighted by atomic mass is 10.1. The maximum Gasteiger partial charge on any atom is 0.410 e. The topological polar surface area (TPSA) is 120 Å². The molecule has 0 unspecified atom stereocenters. The monoisotopic (exact) mass is 407 g/mol. The minimum Gasteiger partial charge on any atom is -0.444 e. The van der Waals surface area contributed by atoms with Crippen LogP contribution in [0, 0.1) is 0 Å². The summed E-state index contributed by atoms with van der Waals surface area (Å²) in [5.74, 6) is 0. The van der Waals surface area contributed by atoms with Crippen molar-refractivity contribution in [3.05, 3.63) is 30.5 Å². The number of ether oxygens (including phenoxy) is 1. The summed E-state index contributed by atoms with van der Waals surface area (Å²) in [5.41, 5.74) is 0.894. The number of piperidine rings is 1. The molecule has 0 aliphatic carbocycles. The zero-order chi connectivity index (χ0) is 20.5. The SMILES string of the molecule is CC(C)(C)OC(=O)N1CCC(n2ncc(-c3ccc(S(N)(=O)=O)cc3)n2)CC1. The molecule has 0 saturated carbocycles. The summed E-state index contributed by atoms with van der Waals surface area (Å²) in [4.78, 5) is 15.6.